The third-order valence-corrected chi connectivity index (χ3v) is 12.0. The Balaban J connectivity index is 1.74. The maximum Gasteiger partial charge on any atom is 0.407 e. The molecular weight excluding hydrogens is 436 g/mol. The molecule has 2 aromatic rings. The van der Waals surface area contributed by atoms with Crippen molar-refractivity contribution >= 4 is 30.9 Å². The van der Waals surface area contributed by atoms with E-state index in [9.17, 15) is 14.7 Å². The number of likely N-dealkylation sites (tertiary alicyclic amines) is 1. The minimum absolute atomic E-state index is 0.200. The van der Waals surface area contributed by atoms with Crippen molar-refractivity contribution < 1.29 is 23.9 Å². The molecule has 2 aromatic carbocycles. The van der Waals surface area contributed by atoms with Gasteiger partial charge in [-0.05, 0) is 15.4 Å². The van der Waals surface area contributed by atoms with Gasteiger partial charge in [0.15, 0.2) is 0 Å². The summed E-state index contributed by atoms with van der Waals surface area (Å²) in [5.41, 5.74) is -0.756. The Labute approximate surface area is 195 Å². The zero-order valence-corrected chi connectivity index (χ0v) is 20.4. The standard InChI is InChI=1S/C25H32N2O5Si/c1-24(2,3)33(20-10-6-4-7-11-20,21-12-8-5-9-13-21)31-17-19-16-27(23(29)30)15-14-25(19)18-26-22(28)32-25/h4-13,19H,14-18H2,1-3H3,(H,26,28)(H,29,30). The highest BCUT2D eigenvalue weighted by molar-refractivity contribution is 6.99. The monoisotopic (exact) mass is 468 g/mol. The van der Waals surface area contributed by atoms with Gasteiger partial charge in [-0.25, -0.2) is 9.59 Å². The number of alkyl carbamates (subject to hydrolysis) is 1. The molecule has 2 saturated heterocycles. The summed E-state index contributed by atoms with van der Waals surface area (Å²) in [5, 5.41) is 14.5. The van der Waals surface area contributed by atoms with E-state index in [1.165, 1.54) is 4.90 Å². The predicted molar refractivity (Wildman–Crippen MR) is 128 cm³/mol. The summed E-state index contributed by atoms with van der Waals surface area (Å²) in [7, 11) is -2.79. The van der Waals surface area contributed by atoms with Gasteiger partial charge in [0.25, 0.3) is 8.32 Å². The third kappa shape index (κ3) is 4.25. The number of amides is 2. The molecule has 2 N–H and O–H groups in total. The van der Waals surface area contributed by atoms with Crippen molar-refractivity contribution in [1.82, 2.24) is 10.2 Å². The molecule has 8 heteroatoms. The van der Waals surface area contributed by atoms with Gasteiger partial charge in [-0.2, -0.15) is 0 Å². The van der Waals surface area contributed by atoms with Gasteiger partial charge in [-0.15, -0.1) is 0 Å². The fourth-order valence-electron chi connectivity index (χ4n) is 5.26. The van der Waals surface area contributed by atoms with Gasteiger partial charge in [-0.1, -0.05) is 81.4 Å². The molecule has 0 aromatic heterocycles. The minimum Gasteiger partial charge on any atom is -0.465 e. The molecule has 4 rings (SSSR count). The van der Waals surface area contributed by atoms with Crippen molar-refractivity contribution in [3.63, 3.8) is 0 Å². The lowest BCUT2D eigenvalue weighted by molar-refractivity contribution is -0.0580. The molecule has 33 heavy (non-hydrogen) atoms. The number of nitrogens with one attached hydrogen (secondary N) is 1. The van der Waals surface area contributed by atoms with E-state index in [1.54, 1.807) is 0 Å². The Kier molecular flexibility index (Phi) is 6.24. The lowest BCUT2D eigenvalue weighted by atomic mass is 9.81. The van der Waals surface area contributed by atoms with Crippen LogP contribution < -0.4 is 15.7 Å². The minimum atomic E-state index is -2.79. The first-order valence-corrected chi connectivity index (χ1v) is 13.3. The summed E-state index contributed by atoms with van der Waals surface area (Å²) in [5.74, 6) is -0.275. The number of benzene rings is 2. The van der Waals surface area contributed by atoms with E-state index in [0.29, 0.717) is 26.1 Å². The maximum absolute atomic E-state index is 12.0. The number of nitrogens with zero attached hydrogens (tertiary/aromatic N) is 1. The van der Waals surface area contributed by atoms with Gasteiger partial charge in [0.05, 0.1) is 6.54 Å². The van der Waals surface area contributed by atoms with Crippen LogP contribution in [0.5, 0.6) is 0 Å². The van der Waals surface area contributed by atoms with Crippen LogP contribution in [0.3, 0.4) is 0 Å². The van der Waals surface area contributed by atoms with E-state index in [0.717, 1.165) is 10.4 Å². The van der Waals surface area contributed by atoms with Crippen molar-refractivity contribution in [3.8, 4) is 0 Å². The van der Waals surface area contributed by atoms with E-state index in [-0.39, 0.29) is 17.5 Å². The van der Waals surface area contributed by atoms with Crippen LogP contribution in [-0.4, -0.2) is 62.4 Å². The zero-order chi connectivity index (χ0) is 23.7. The first kappa shape index (κ1) is 23.3. The van der Waals surface area contributed by atoms with E-state index in [1.807, 2.05) is 36.4 Å². The third-order valence-electron chi connectivity index (χ3n) is 7.01. The number of hydrogen-bond donors (Lipinski definition) is 2. The van der Waals surface area contributed by atoms with Crippen molar-refractivity contribution in [2.45, 2.75) is 37.8 Å². The average molecular weight is 469 g/mol. The Morgan fingerprint density at radius 1 is 1.15 bits per heavy atom. The zero-order valence-electron chi connectivity index (χ0n) is 19.4. The van der Waals surface area contributed by atoms with Crippen LogP contribution >= 0.6 is 0 Å². The number of carboxylic acid groups (broad SMARTS) is 1. The van der Waals surface area contributed by atoms with Crippen molar-refractivity contribution in [1.29, 1.82) is 0 Å². The molecule has 2 amide bonds. The largest absolute Gasteiger partial charge is 0.465 e. The SMILES string of the molecule is CC(C)(C)[Si](OCC1CN(C(=O)O)CCC12CNC(=O)O2)(c1ccccc1)c1ccccc1. The molecule has 176 valence electrons. The molecular formula is C25H32N2O5Si. The molecule has 0 bridgehead atoms. The molecule has 0 aliphatic carbocycles. The summed E-state index contributed by atoms with van der Waals surface area (Å²) in [6.07, 6.45) is -0.959. The highest BCUT2D eigenvalue weighted by Crippen LogP contribution is 2.40. The van der Waals surface area contributed by atoms with Gasteiger partial charge in [-0.3, -0.25) is 0 Å². The normalized spacial score (nSPS) is 23.3. The maximum atomic E-state index is 12.0. The van der Waals surface area contributed by atoms with Crippen LogP contribution in [0, 0.1) is 5.92 Å². The number of carbonyl (C=O) groups excluding carboxylic acids is 1. The molecule has 2 fully saturated rings. The molecule has 2 unspecified atom stereocenters. The van der Waals surface area contributed by atoms with Gasteiger partial charge in [0, 0.05) is 32.0 Å². The number of hydrogen-bond acceptors (Lipinski definition) is 4. The fraction of sp³-hybridized carbons (Fsp3) is 0.440. The van der Waals surface area contributed by atoms with Gasteiger partial charge >= 0.3 is 12.2 Å². The van der Waals surface area contributed by atoms with Crippen LogP contribution in [0.1, 0.15) is 27.2 Å². The van der Waals surface area contributed by atoms with E-state index < -0.39 is 26.1 Å². The van der Waals surface area contributed by atoms with E-state index >= 15 is 0 Å². The quantitative estimate of drug-likeness (QED) is 0.659. The van der Waals surface area contributed by atoms with Gasteiger partial charge in [0.2, 0.25) is 0 Å². The summed E-state index contributed by atoms with van der Waals surface area (Å²) in [6, 6.07) is 20.6. The summed E-state index contributed by atoms with van der Waals surface area (Å²) < 4.78 is 12.8. The predicted octanol–water partition coefficient (Wildman–Crippen LogP) is 3.04. The molecule has 2 aliphatic heterocycles. The van der Waals surface area contributed by atoms with Crippen LogP contribution in [-0.2, 0) is 9.16 Å². The number of rotatable bonds is 5. The van der Waals surface area contributed by atoms with Crippen molar-refractivity contribution in [3.05, 3.63) is 60.7 Å². The smallest absolute Gasteiger partial charge is 0.407 e. The second-order valence-corrected chi connectivity index (χ2v) is 14.3. The second kappa shape index (κ2) is 8.83. The topological polar surface area (TPSA) is 88.1 Å². The number of piperidine rings is 1. The van der Waals surface area contributed by atoms with Crippen LogP contribution in [0.15, 0.2) is 60.7 Å². The highest BCUT2D eigenvalue weighted by atomic mass is 28.4. The summed E-state index contributed by atoms with van der Waals surface area (Å²) >= 11 is 0. The number of ether oxygens (including phenoxy) is 1. The molecule has 2 aliphatic rings. The lowest BCUT2D eigenvalue weighted by Gasteiger charge is -2.47. The number of carbonyl (C=O) groups is 2. The Morgan fingerprint density at radius 3 is 2.18 bits per heavy atom. The molecule has 2 atom stereocenters. The lowest BCUT2D eigenvalue weighted by Crippen LogP contribution is -2.68. The molecule has 2 heterocycles. The average Bonchev–Trinajstić information content (AvgIpc) is 3.16. The van der Waals surface area contributed by atoms with Crippen molar-refractivity contribution in [2.24, 2.45) is 5.92 Å². The Bertz CT molecular complexity index is 955. The summed E-state index contributed by atoms with van der Waals surface area (Å²) in [4.78, 5) is 25.1. The van der Waals surface area contributed by atoms with Gasteiger partial charge in [0.1, 0.15) is 5.60 Å². The Hall–Kier alpha value is -2.84. The first-order valence-electron chi connectivity index (χ1n) is 11.4. The molecule has 0 saturated carbocycles. The van der Waals surface area contributed by atoms with E-state index in [4.69, 9.17) is 9.16 Å². The van der Waals surface area contributed by atoms with Crippen molar-refractivity contribution in [2.75, 3.05) is 26.2 Å². The molecule has 7 nitrogen and oxygen atoms in total. The molecule has 1 spiro atoms. The molecule has 0 radical (unpaired) electrons. The Morgan fingerprint density at radius 2 is 1.73 bits per heavy atom. The van der Waals surface area contributed by atoms with Gasteiger partial charge < -0.3 is 24.5 Å². The first-order chi connectivity index (χ1) is 15.7. The highest BCUT2D eigenvalue weighted by Gasteiger charge is 2.54. The van der Waals surface area contributed by atoms with Crippen LogP contribution in [0.4, 0.5) is 9.59 Å². The fourth-order valence-corrected chi connectivity index (χ4v) is 9.87. The van der Waals surface area contributed by atoms with E-state index in [2.05, 4.69) is 50.4 Å². The van der Waals surface area contributed by atoms with Crippen LogP contribution in [0.25, 0.3) is 0 Å². The van der Waals surface area contributed by atoms with Crippen LogP contribution in [0.2, 0.25) is 5.04 Å². The second-order valence-electron chi connectivity index (χ2n) is 9.96. The summed E-state index contributed by atoms with van der Waals surface area (Å²) in [6.45, 7) is 7.88.